The van der Waals surface area contributed by atoms with Crippen LogP contribution in [0.2, 0.25) is 0 Å². The molecule has 1 atom stereocenters. The van der Waals surface area contributed by atoms with Crippen molar-refractivity contribution in [3.05, 3.63) is 12.2 Å². The van der Waals surface area contributed by atoms with Gasteiger partial charge in [0.15, 0.2) is 0 Å². The van der Waals surface area contributed by atoms with E-state index in [0.717, 1.165) is 32.5 Å². The highest BCUT2D eigenvalue weighted by Crippen LogP contribution is 2.10. The maximum absolute atomic E-state index is 10.4. The van der Waals surface area contributed by atoms with Crippen molar-refractivity contribution in [1.82, 2.24) is 0 Å². The lowest BCUT2D eigenvalue weighted by Crippen LogP contribution is -2.03. The molecule has 1 unspecified atom stereocenters. The lowest BCUT2D eigenvalue weighted by atomic mass is 10.1. The molecule has 4 nitrogen and oxygen atoms in total. The van der Waals surface area contributed by atoms with Crippen LogP contribution in [0.5, 0.6) is 0 Å². The molecule has 0 radical (unpaired) electrons. The summed E-state index contributed by atoms with van der Waals surface area (Å²) in [6, 6.07) is 0. The molecule has 1 fully saturated rings. The van der Waals surface area contributed by atoms with E-state index in [1.165, 1.54) is 0 Å². The van der Waals surface area contributed by atoms with E-state index in [9.17, 15) is 4.79 Å². The quantitative estimate of drug-likeness (QED) is 0.360. The zero-order valence-electron chi connectivity index (χ0n) is 8.91. The van der Waals surface area contributed by atoms with Crippen LogP contribution in [0.4, 0.5) is 0 Å². The van der Waals surface area contributed by atoms with Crippen molar-refractivity contribution in [2.75, 3.05) is 19.8 Å². The van der Waals surface area contributed by atoms with Crippen molar-refractivity contribution in [2.24, 2.45) is 0 Å². The van der Waals surface area contributed by atoms with E-state index in [-0.39, 0.29) is 0 Å². The first-order valence-electron chi connectivity index (χ1n) is 5.30. The minimum absolute atomic E-state index is 0.294. The number of epoxide rings is 1. The Morgan fingerprint density at radius 1 is 1.47 bits per heavy atom. The number of ether oxygens (including phenoxy) is 2. The highest BCUT2D eigenvalue weighted by molar-refractivity contribution is 5.85. The SMILES string of the molecule is C=C(CCCCCOCC1CO1)C(=O)O. The van der Waals surface area contributed by atoms with Gasteiger partial charge in [-0.25, -0.2) is 4.79 Å². The van der Waals surface area contributed by atoms with Crippen LogP contribution in [-0.4, -0.2) is 37.0 Å². The number of hydrogen-bond acceptors (Lipinski definition) is 3. The van der Waals surface area contributed by atoms with Crippen LogP contribution in [0.3, 0.4) is 0 Å². The van der Waals surface area contributed by atoms with Gasteiger partial charge in [-0.2, -0.15) is 0 Å². The van der Waals surface area contributed by atoms with Gasteiger partial charge in [-0.3, -0.25) is 0 Å². The highest BCUT2D eigenvalue weighted by atomic mass is 16.6. The normalized spacial score (nSPS) is 18.8. The maximum atomic E-state index is 10.4. The van der Waals surface area contributed by atoms with Crippen LogP contribution in [0.1, 0.15) is 25.7 Å². The first-order chi connectivity index (χ1) is 7.20. The lowest BCUT2D eigenvalue weighted by molar-refractivity contribution is -0.132. The van der Waals surface area contributed by atoms with Crippen LogP contribution in [0.15, 0.2) is 12.2 Å². The number of carboxylic acid groups (broad SMARTS) is 1. The minimum atomic E-state index is -0.892. The molecular weight excluding hydrogens is 196 g/mol. The lowest BCUT2D eigenvalue weighted by Gasteiger charge is -2.02. The molecule has 0 spiro atoms. The number of carboxylic acids is 1. The molecule has 1 aliphatic heterocycles. The van der Waals surface area contributed by atoms with Gasteiger partial charge in [-0.05, 0) is 19.3 Å². The molecular formula is C11H18O4. The minimum Gasteiger partial charge on any atom is -0.478 e. The number of aliphatic carboxylic acids is 1. The molecule has 0 aliphatic carbocycles. The monoisotopic (exact) mass is 214 g/mol. The predicted molar refractivity (Wildman–Crippen MR) is 55.8 cm³/mol. The summed E-state index contributed by atoms with van der Waals surface area (Å²) in [6.07, 6.45) is 3.73. The van der Waals surface area contributed by atoms with Gasteiger partial charge in [0.2, 0.25) is 0 Å². The van der Waals surface area contributed by atoms with Crippen LogP contribution < -0.4 is 0 Å². The molecule has 0 saturated carbocycles. The first-order valence-corrected chi connectivity index (χ1v) is 5.30. The molecule has 86 valence electrons. The standard InChI is InChI=1S/C11H18O4/c1-9(11(12)13)5-3-2-4-6-14-7-10-8-15-10/h10H,1-8H2,(H,12,13). The van der Waals surface area contributed by atoms with E-state index in [1.54, 1.807) is 0 Å². The Hall–Kier alpha value is -0.870. The van der Waals surface area contributed by atoms with Crippen molar-refractivity contribution >= 4 is 5.97 Å². The molecule has 0 aromatic heterocycles. The number of unbranched alkanes of at least 4 members (excludes halogenated alkanes) is 2. The molecule has 0 aromatic carbocycles. The molecule has 0 amide bonds. The van der Waals surface area contributed by atoms with E-state index >= 15 is 0 Å². The Bertz CT molecular complexity index is 221. The van der Waals surface area contributed by atoms with Crippen molar-refractivity contribution in [3.8, 4) is 0 Å². The summed E-state index contributed by atoms with van der Waals surface area (Å²) in [5, 5.41) is 8.55. The van der Waals surface area contributed by atoms with E-state index in [2.05, 4.69) is 6.58 Å². The Morgan fingerprint density at radius 2 is 2.20 bits per heavy atom. The fourth-order valence-electron chi connectivity index (χ4n) is 1.21. The summed E-state index contributed by atoms with van der Waals surface area (Å²) in [4.78, 5) is 10.4. The van der Waals surface area contributed by atoms with Gasteiger partial charge in [-0.15, -0.1) is 0 Å². The Labute approximate surface area is 89.9 Å². The fourth-order valence-corrected chi connectivity index (χ4v) is 1.21. The number of hydrogen-bond donors (Lipinski definition) is 1. The van der Waals surface area contributed by atoms with Gasteiger partial charge in [-0.1, -0.05) is 13.0 Å². The van der Waals surface area contributed by atoms with Crippen molar-refractivity contribution in [1.29, 1.82) is 0 Å². The second kappa shape index (κ2) is 6.58. The van der Waals surface area contributed by atoms with Crippen LogP contribution >= 0.6 is 0 Å². The molecule has 1 N–H and O–H groups in total. The van der Waals surface area contributed by atoms with E-state index in [4.69, 9.17) is 14.6 Å². The molecule has 1 rings (SSSR count). The van der Waals surface area contributed by atoms with Gasteiger partial charge in [0.1, 0.15) is 6.10 Å². The average molecular weight is 214 g/mol. The zero-order valence-corrected chi connectivity index (χ0v) is 8.91. The summed E-state index contributed by atoms with van der Waals surface area (Å²) < 4.78 is 10.3. The van der Waals surface area contributed by atoms with E-state index in [1.807, 2.05) is 0 Å². The van der Waals surface area contributed by atoms with Crippen molar-refractivity contribution < 1.29 is 19.4 Å². The maximum Gasteiger partial charge on any atom is 0.330 e. The predicted octanol–water partition coefficient (Wildman–Crippen LogP) is 1.60. The molecule has 1 aliphatic rings. The van der Waals surface area contributed by atoms with Crippen LogP contribution in [0.25, 0.3) is 0 Å². The Morgan fingerprint density at radius 3 is 2.80 bits per heavy atom. The van der Waals surface area contributed by atoms with E-state index < -0.39 is 5.97 Å². The number of carbonyl (C=O) groups is 1. The molecule has 0 bridgehead atoms. The Kier molecular flexibility index (Phi) is 5.36. The van der Waals surface area contributed by atoms with Gasteiger partial charge >= 0.3 is 5.97 Å². The second-order valence-electron chi connectivity index (χ2n) is 3.75. The van der Waals surface area contributed by atoms with Gasteiger partial charge < -0.3 is 14.6 Å². The summed E-state index contributed by atoms with van der Waals surface area (Å²) in [5.41, 5.74) is 0.294. The molecule has 4 heteroatoms. The third kappa shape index (κ3) is 6.25. The summed E-state index contributed by atoms with van der Waals surface area (Å²) in [7, 11) is 0. The summed E-state index contributed by atoms with van der Waals surface area (Å²) in [6.45, 7) is 5.74. The molecule has 1 heterocycles. The third-order valence-electron chi connectivity index (χ3n) is 2.28. The van der Waals surface area contributed by atoms with Gasteiger partial charge in [0, 0.05) is 12.2 Å². The topological polar surface area (TPSA) is 59.1 Å². The average Bonchev–Trinajstić information content (AvgIpc) is 2.99. The smallest absolute Gasteiger partial charge is 0.330 e. The molecule has 1 saturated heterocycles. The van der Waals surface area contributed by atoms with Crippen molar-refractivity contribution in [2.45, 2.75) is 31.8 Å². The number of rotatable bonds is 9. The first kappa shape index (κ1) is 12.2. The van der Waals surface area contributed by atoms with Gasteiger partial charge in [0.05, 0.1) is 13.2 Å². The van der Waals surface area contributed by atoms with Crippen LogP contribution in [0, 0.1) is 0 Å². The Balaban J connectivity index is 1.79. The van der Waals surface area contributed by atoms with Gasteiger partial charge in [0.25, 0.3) is 0 Å². The second-order valence-corrected chi connectivity index (χ2v) is 3.75. The summed E-state index contributed by atoms with van der Waals surface area (Å²) in [5.74, 6) is -0.892. The fraction of sp³-hybridized carbons (Fsp3) is 0.727. The third-order valence-corrected chi connectivity index (χ3v) is 2.28. The molecule has 0 aromatic rings. The van der Waals surface area contributed by atoms with Crippen molar-refractivity contribution in [3.63, 3.8) is 0 Å². The van der Waals surface area contributed by atoms with Crippen LogP contribution in [-0.2, 0) is 14.3 Å². The summed E-state index contributed by atoms with van der Waals surface area (Å²) >= 11 is 0. The highest BCUT2D eigenvalue weighted by Gasteiger charge is 2.21. The largest absolute Gasteiger partial charge is 0.478 e. The molecule has 15 heavy (non-hydrogen) atoms. The van der Waals surface area contributed by atoms with E-state index in [0.29, 0.717) is 24.7 Å². The zero-order chi connectivity index (χ0) is 11.1.